The molecule has 2 N–H and O–H groups in total. The summed E-state index contributed by atoms with van der Waals surface area (Å²) in [6.07, 6.45) is 18.1. The lowest BCUT2D eigenvalue weighted by molar-refractivity contribution is 0.0108. The van der Waals surface area contributed by atoms with Gasteiger partial charge in [0.25, 0.3) is 0 Å². The van der Waals surface area contributed by atoms with Crippen molar-refractivity contribution in [2.75, 3.05) is 26.7 Å². The summed E-state index contributed by atoms with van der Waals surface area (Å²) in [5.74, 6) is 0.462. The zero-order chi connectivity index (χ0) is 30.9. The molecule has 0 radical (unpaired) electrons. The Morgan fingerprint density at radius 2 is 1.93 bits per heavy atom. The van der Waals surface area contributed by atoms with Gasteiger partial charge >= 0.3 is 0 Å². The first kappa shape index (κ1) is 34.0. The van der Waals surface area contributed by atoms with Crippen molar-refractivity contribution >= 4 is 11.3 Å². The molecule has 1 aromatic carbocycles. The van der Waals surface area contributed by atoms with Gasteiger partial charge in [-0.2, -0.15) is 0 Å². The molecule has 3 rings (SSSR count). The van der Waals surface area contributed by atoms with Crippen LogP contribution in [0.3, 0.4) is 0 Å². The van der Waals surface area contributed by atoms with Crippen molar-refractivity contribution in [3.05, 3.63) is 76.8 Å². The van der Waals surface area contributed by atoms with Crippen LogP contribution in [0, 0.1) is 29.5 Å². The number of benzene rings is 1. The fourth-order valence-corrected chi connectivity index (χ4v) is 7.05. The van der Waals surface area contributed by atoms with E-state index in [0.717, 1.165) is 75.8 Å². The molecule has 1 aliphatic carbocycles. The number of hydrogen-bond donors (Lipinski definition) is 1. The molecule has 1 saturated carbocycles. The zero-order valence-corrected chi connectivity index (χ0v) is 27.8. The highest BCUT2D eigenvalue weighted by atomic mass is 19.1. The van der Waals surface area contributed by atoms with Gasteiger partial charge in [0.2, 0.25) is 0 Å². The molecular weight excluding hydrogens is 517 g/mol. The minimum Gasteiger partial charge on any atom is -0.402 e. The molecule has 1 atom stereocenters. The summed E-state index contributed by atoms with van der Waals surface area (Å²) in [7, 11) is 1.97. The van der Waals surface area contributed by atoms with Gasteiger partial charge in [-0.1, -0.05) is 65.0 Å². The van der Waals surface area contributed by atoms with E-state index in [1.807, 2.05) is 20.0 Å². The van der Waals surface area contributed by atoms with Gasteiger partial charge in [0, 0.05) is 48.9 Å². The van der Waals surface area contributed by atoms with Gasteiger partial charge in [-0.05, 0) is 118 Å². The predicted octanol–water partition coefficient (Wildman–Crippen LogP) is 9.83. The maximum atomic E-state index is 13.9. The van der Waals surface area contributed by atoms with Gasteiger partial charge in [0.05, 0.1) is 0 Å². The van der Waals surface area contributed by atoms with Crippen LogP contribution in [0.15, 0.2) is 64.8 Å². The summed E-state index contributed by atoms with van der Waals surface area (Å²) < 4.78 is 13.9. The number of likely N-dealkylation sites (tertiary alicyclic amines) is 1. The van der Waals surface area contributed by atoms with Crippen LogP contribution in [0.5, 0.6) is 0 Å². The van der Waals surface area contributed by atoms with Crippen molar-refractivity contribution in [3.8, 4) is 0 Å². The summed E-state index contributed by atoms with van der Waals surface area (Å²) in [5, 5.41) is 0. The number of aryl methyl sites for hydroxylation is 1. The molecule has 0 aromatic heterocycles. The lowest BCUT2D eigenvalue weighted by atomic mass is 9.72. The van der Waals surface area contributed by atoms with Gasteiger partial charge in [-0.25, -0.2) is 4.39 Å². The van der Waals surface area contributed by atoms with Crippen LogP contribution < -0.4 is 5.73 Å². The lowest BCUT2D eigenvalue weighted by Gasteiger charge is -2.51. The maximum Gasteiger partial charge on any atom is 0.123 e. The van der Waals surface area contributed by atoms with Gasteiger partial charge < -0.3 is 5.73 Å². The summed E-state index contributed by atoms with van der Waals surface area (Å²) in [5.41, 5.74) is 15.1. The summed E-state index contributed by atoms with van der Waals surface area (Å²) in [6, 6.07) is 5.25. The quantitative estimate of drug-likeness (QED) is 0.148. The zero-order valence-electron chi connectivity index (χ0n) is 27.8. The van der Waals surface area contributed by atoms with E-state index < -0.39 is 0 Å². The molecular formula is C38H58FN3. The van der Waals surface area contributed by atoms with Gasteiger partial charge in [-0.15, -0.1) is 0 Å². The van der Waals surface area contributed by atoms with Crippen LogP contribution in [-0.4, -0.2) is 37.3 Å². The first-order valence-corrected chi connectivity index (χ1v) is 16.5. The van der Waals surface area contributed by atoms with E-state index in [1.54, 1.807) is 12.1 Å². The van der Waals surface area contributed by atoms with Crippen molar-refractivity contribution < 1.29 is 4.39 Å². The Morgan fingerprint density at radius 1 is 1.21 bits per heavy atom. The topological polar surface area (TPSA) is 41.6 Å². The van der Waals surface area contributed by atoms with Crippen LogP contribution in [0.2, 0.25) is 0 Å². The minimum absolute atomic E-state index is 0.0274. The highest BCUT2D eigenvalue weighted by Crippen LogP contribution is 2.44. The van der Waals surface area contributed by atoms with Crippen LogP contribution in [0.25, 0.3) is 5.57 Å². The van der Waals surface area contributed by atoms with Gasteiger partial charge in [0.15, 0.2) is 0 Å². The molecule has 2 aliphatic rings. The predicted molar refractivity (Wildman–Crippen MR) is 181 cm³/mol. The van der Waals surface area contributed by atoms with Crippen LogP contribution in [0.4, 0.5) is 4.39 Å². The van der Waals surface area contributed by atoms with Crippen molar-refractivity contribution in [3.63, 3.8) is 0 Å². The molecule has 0 bridgehead atoms. The third-order valence-electron chi connectivity index (χ3n) is 9.89. The molecule has 0 amide bonds. The van der Waals surface area contributed by atoms with E-state index in [4.69, 9.17) is 10.7 Å². The van der Waals surface area contributed by atoms with Crippen molar-refractivity contribution in [2.45, 2.75) is 106 Å². The normalized spacial score (nSPS) is 19.9. The Bertz CT molecular complexity index is 1190. The van der Waals surface area contributed by atoms with Crippen molar-refractivity contribution in [1.82, 2.24) is 4.90 Å². The van der Waals surface area contributed by atoms with Crippen LogP contribution in [-0.2, 0) is 0 Å². The van der Waals surface area contributed by atoms with Crippen molar-refractivity contribution in [2.24, 2.45) is 27.5 Å². The summed E-state index contributed by atoms with van der Waals surface area (Å²) >= 11 is 0. The van der Waals surface area contributed by atoms with Gasteiger partial charge in [-0.3, -0.25) is 9.89 Å². The molecule has 3 nitrogen and oxygen atoms in total. The minimum atomic E-state index is -0.158. The molecule has 2 fully saturated rings. The molecule has 42 heavy (non-hydrogen) atoms. The molecule has 1 aliphatic heterocycles. The average Bonchev–Trinajstić information content (AvgIpc) is 3.77. The molecule has 1 unspecified atom stereocenters. The Labute approximate surface area is 257 Å². The highest BCUT2D eigenvalue weighted by Gasteiger charge is 2.42. The highest BCUT2D eigenvalue weighted by molar-refractivity contribution is 5.85. The first-order valence-electron chi connectivity index (χ1n) is 16.5. The lowest BCUT2D eigenvalue weighted by Crippen LogP contribution is -2.57. The van der Waals surface area contributed by atoms with E-state index >= 15 is 0 Å². The van der Waals surface area contributed by atoms with Gasteiger partial charge in [0.1, 0.15) is 5.82 Å². The van der Waals surface area contributed by atoms with E-state index in [1.165, 1.54) is 47.3 Å². The second-order valence-corrected chi connectivity index (χ2v) is 13.4. The Kier molecular flexibility index (Phi) is 12.4. The molecule has 232 valence electrons. The van der Waals surface area contributed by atoms with E-state index in [0.29, 0.717) is 11.3 Å². The smallest absolute Gasteiger partial charge is 0.123 e. The molecule has 1 saturated heterocycles. The molecule has 1 heterocycles. The standard InChI is InChI=1S/C38H58FN3/c1-9-14-30(23-36(31-16-17-31)34(11-3)35-19-18-32(39)22-28(35)5)25-42-26-38(12-4,27-42)24-33(41-8)15-13-21-37(7,20-10-2)29(6)40/h9,14,18-19,22-23,31H,6,10-13,15-17,20-21,24-27,40H2,1-5,7-8H3/b14-9+,30-23+,36-34-,41-33-. The Hall–Kier alpha value is -2.46. The monoisotopic (exact) mass is 575 g/mol. The fraction of sp³-hybridized carbons (Fsp3) is 0.605. The number of aliphatic imine (C=N–C) groups is 1. The average molecular weight is 576 g/mol. The number of hydrogen-bond acceptors (Lipinski definition) is 3. The van der Waals surface area contributed by atoms with E-state index in [-0.39, 0.29) is 11.2 Å². The molecule has 4 heteroatoms. The fourth-order valence-electron chi connectivity index (χ4n) is 7.05. The second kappa shape index (κ2) is 15.3. The van der Waals surface area contributed by atoms with Crippen LogP contribution in [0.1, 0.15) is 110 Å². The maximum absolute atomic E-state index is 13.9. The SMILES string of the molecule is C=C(N)C(C)(CCC)CCC/C(CC1(CC)CN(CC(/C=C/C)=C/C(=C(\CC)c2ccc(F)cc2C)C2CC2)C1)=N/C. The number of rotatable bonds is 17. The Balaban J connectivity index is 1.70. The largest absolute Gasteiger partial charge is 0.402 e. The number of nitrogens with two attached hydrogens (primary N) is 1. The third-order valence-corrected chi connectivity index (χ3v) is 9.89. The summed E-state index contributed by atoms with van der Waals surface area (Å²) in [4.78, 5) is 7.37. The van der Waals surface area contributed by atoms with Crippen molar-refractivity contribution in [1.29, 1.82) is 0 Å². The van der Waals surface area contributed by atoms with E-state index in [2.05, 4.69) is 64.3 Å². The molecule has 1 aromatic rings. The number of halogens is 1. The van der Waals surface area contributed by atoms with E-state index in [9.17, 15) is 4.39 Å². The first-order chi connectivity index (χ1) is 20.0. The van der Waals surface area contributed by atoms with Crippen LogP contribution >= 0.6 is 0 Å². The second-order valence-electron chi connectivity index (χ2n) is 13.4. The number of allylic oxidation sites excluding steroid dienone is 5. The summed E-state index contributed by atoms with van der Waals surface area (Å²) in [6.45, 7) is 20.5. The Morgan fingerprint density at radius 3 is 2.45 bits per heavy atom. The third kappa shape index (κ3) is 8.78. The number of nitrogens with zero attached hydrogens (tertiary/aromatic N) is 2. The molecule has 0 spiro atoms.